The van der Waals surface area contributed by atoms with Gasteiger partial charge < -0.3 is 5.32 Å². The molecule has 1 fully saturated rings. The molecule has 1 aliphatic carbocycles. The summed E-state index contributed by atoms with van der Waals surface area (Å²) in [6, 6.07) is 6.72. The summed E-state index contributed by atoms with van der Waals surface area (Å²) in [5.74, 6) is 0.874. The van der Waals surface area contributed by atoms with E-state index in [-0.39, 0.29) is 0 Å². The summed E-state index contributed by atoms with van der Waals surface area (Å²) in [6.45, 7) is 0. The van der Waals surface area contributed by atoms with E-state index in [9.17, 15) is 0 Å². The van der Waals surface area contributed by atoms with Gasteiger partial charge in [0.25, 0.3) is 0 Å². The quantitative estimate of drug-likeness (QED) is 0.786. The molecule has 0 radical (unpaired) electrons. The van der Waals surface area contributed by atoms with Crippen LogP contribution >= 0.6 is 27.5 Å². The van der Waals surface area contributed by atoms with Crippen molar-refractivity contribution >= 4 is 27.5 Å². The maximum absolute atomic E-state index is 6.18. The Hall–Kier alpha value is -0.0500. The summed E-state index contributed by atoms with van der Waals surface area (Å²) >= 11 is 9.63. The third-order valence-corrected chi connectivity index (χ3v) is 5.22. The lowest BCUT2D eigenvalue weighted by atomic mass is 9.83. The van der Waals surface area contributed by atoms with Gasteiger partial charge in [0.05, 0.1) is 5.02 Å². The van der Waals surface area contributed by atoms with Crippen molar-refractivity contribution in [3.05, 3.63) is 33.3 Å². The van der Waals surface area contributed by atoms with Crippen LogP contribution in [-0.2, 0) is 0 Å². The zero-order valence-corrected chi connectivity index (χ0v) is 13.2. The molecule has 0 saturated heterocycles. The number of nitrogens with one attached hydrogen (secondary N) is 1. The van der Waals surface area contributed by atoms with Gasteiger partial charge in [-0.3, -0.25) is 0 Å². The van der Waals surface area contributed by atoms with Crippen molar-refractivity contribution < 1.29 is 0 Å². The van der Waals surface area contributed by atoms with Crippen molar-refractivity contribution in [2.45, 2.75) is 44.6 Å². The Morgan fingerprint density at radius 1 is 1.33 bits per heavy atom. The summed E-state index contributed by atoms with van der Waals surface area (Å²) in [4.78, 5) is 0. The SMILES string of the molecule is CNC(CC1CCCCC1)c1ccc(Br)c(Cl)c1. The summed E-state index contributed by atoms with van der Waals surface area (Å²) in [5.41, 5.74) is 1.30. The number of rotatable bonds is 4. The van der Waals surface area contributed by atoms with Crippen LogP contribution in [-0.4, -0.2) is 7.05 Å². The minimum absolute atomic E-state index is 0.429. The fourth-order valence-corrected chi connectivity index (χ4v) is 3.34. The third-order valence-electron chi connectivity index (χ3n) is 3.99. The lowest BCUT2D eigenvalue weighted by molar-refractivity contribution is 0.306. The van der Waals surface area contributed by atoms with Gasteiger partial charge in [-0.25, -0.2) is 0 Å². The number of halogens is 2. The summed E-state index contributed by atoms with van der Waals surface area (Å²) in [7, 11) is 2.05. The maximum Gasteiger partial charge on any atom is 0.0551 e. The second kappa shape index (κ2) is 6.93. The third kappa shape index (κ3) is 3.72. The Bertz CT molecular complexity index is 388. The van der Waals surface area contributed by atoms with Crippen molar-refractivity contribution in [2.24, 2.45) is 5.92 Å². The molecule has 1 atom stereocenters. The monoisotopic (exact) mass is 329 g/mol. The van der Waals surface area contributed by atoms with Gasteiger partial charge in [0.2, 0.25) is 0 Å². The van der Waals surface area contributed by atoms with Crippen LogP contribution in [0.2, 0.25) is 5.02 Å². The Balaban J connectivity index is 2.04. The highest BCUT2D eigenvalue weighted by Crippen LogP contribution is 2.33. The molecule has 1 aromatic rings. The van der Waals surface area contributed by atoms with Crippen molar-refractivity contribution in [1.29, 1.82) is 0 Å². The first-order valence-electron chi connectivity index (χ1n) is 6.83. The van der Waals surface area contributed by atoms with E-state index in [1.807, 2.05) is 13.1 Å². The molecule has 1 unspecified atom stereocenters. The van der Waals surface area contributed by atoms with Gasteiger partial charge in [-0.1, -0.05) is 49.8 Å². The zero-order valence-electron chi connectivity index (χ0n) is 10.9. The van der Waals surface area contributed by atoms with E-state index in [2.05, 4.69) is 33.4 Å². The topological polar surface area (TPSA) is 12.0 Å². The maximum atomic E-state index is 6.18. The molecular weight excluding hydrogens is 310 g/mol. The number of hydrogen-bond donors (Lipinski definition) is 1. The van der Waals surface area contributed by atoms with Crippen LogP contribution in [0.25, 0.3) is 0 Å². The average Bonchev–Trinajstić information content (AvgIpc) is 2.40. The normalized spacial score (nSPS) is 18.8. The smallest absolute Gasteiger partial charge is 0.0551 e. The van der Waals surface area contributed by atoms with Gasteiger partial charge in [-0.05, 0) is 53.0 Å². The van der Waals surface area contributed by atoms with E-state index in [0.29, 0.717) is 6.04 Å². The van der Waals surface area contributed by atoms with Gasteiger partial charge >= 0.3 is 0 Å². The molecule has 2 rings (SSSR count). The molecular formula is C15H21BrClN. The molecule has 0 heterocycles. The molecule has 0 aromatic heterocycles. The average molecular weight is 331 g/mol. The molecule has 1 aromatic carbocycles. The van der Waals surface area contributed by atoms with E-state index in [4.69, 9.17) is 11.6 Å². The summed E-state index contributed by atoms with van der Waals surface area (Å²) < 4.78 is 0.973. The minimum Gasteiger partial charge on any atom is -0.313 e. The number of hydrogen-bond acceptors (Lipinski definition) is 1. The Kier molecular flexibility index (Phi) is 5.53. The van der Waals surface area contributed by atoms with Crippen LogP contribution in [0.4, 0.5) is 0 Å². The van der Waals surface area contributed by atoms with E-state index in [1.54, 1.807) is 0 Å². The fourth-order valence-electron chi connectivity index (χ4n) is 2.91. The van der Waals surface area contributed by atoms with E-state index >= 15 is 0 Å². The molecule has 3 heteroatoms. The van der Waals surface area contributed by atoms with Gasteiger partial charge in [0, 0.05) is 10.5 Å². The second-order valence-electron chi connectivity index (χ2n) is 5.25. The molecule has 0 aliphatic heterocycles. The molecule has 18 heavy (non-hydrogen) atoms. The molecule has 0 spiro atoms. The standard InChI is InChI=1S/C15H21BrClN/c1-18-15(9-11-5-3-2-4-6-11)12-7-8-13(16)14(17)10-12/h7-8,10-11,15,18H,2-6,9H2,1H3. The van der Waals surface area contributed by atoms with Crippen LogP contribution < -0.4 is 5.32 Å². The Morgan fingerprint density at radius 3 is 2.67 bits per heavy atom. The van der Waals surface area contributed by atoms with Crippen molar-refractivity contribution in [3.8, 4) is 0 Å². The predicted octanol–water partition coefficient (Wildman–Crippen LogP) is 5.33. The van der Waals surface area contributed by atoms with Crippen LogP contribution in [0, 0.1) is 5.92 Å². The molecule has 1 N–H and O–H groups in total. The first-order chi connectivity index (χ1) is 8.70. The predicted molar refractivity (Wildman–Crippen MR) is 82.1 cm³/mol. The molecule has 1 saturated carbocycles. The highest BCUT2D eigenvalue weighted by molar-refractivity contribution is 9.10. The molecule has 1 nitrogen and oxygen atoms in total. The van der Waals surface area contributed by atoms with Crippen LogP contribution in [0.1, 0.15) is 50.1 Å². The van der Waals surface area contributed by atoms with Crippen LogP contribution in [0.15, 0.2) is 22.7 Å². The first-order valence-corrected chi connectivity index (χ1v) is 8.00. The van der Waals surface area contributed by atoms with E-state index < -0.39 is 0 Å². The first kappa shape index (κ1) is 14.4. The van der Waals surface area contributed by atoms with Crippen molar-refractivity contribution in [1.82, 2.24) is 5.32 Å². The van der Waals surface area contributed by atoms with Gasteiger partial charge in [0.1, 0.15) is 0 Å². The number of benzene rings is 1. The van der Waals surface area contributed by atoms with Gasteiger partial charge in [-0.2, -0.15) is 0 Å². The van der Waals surface area contributed by atoms with Crippen molar-refractivity contribution in [3.63, 3.8) is 0 Å². The minimum atomic E-state index is 0.429. The highest BCUT2D eigenvalue weighted by atomic mass is 79.9. The lowest BCUT2D eigenvalue weighted by Gasteiger charge is -2.26. The molecule has 100 valence electrons. The Labute approximate surface area is 123 Å². The molecule has 0 bridgehead atoms. The van der Waals surface area contributed by atoms with Gasteiger partial charge in [-0.15, -0.1) is 0 Å². The molecule has 1 aliphatic rings. The molecule has 0 amide bonds. The van der Waals surface area contributed by atoms with Gasteiger partial charge in [0.15, 0.2) is 0 Å². The lowest BCUT2D eigenvalue weighted by Crippen LogP contribution is -2.21. The zero-order chi connectivity index (χ0) is 13.0. The summed E-state index contributed by atoms with van der Waals surface area (Å²) in [5, 5.41) is 4.24. The highest BCUT2D eigenvalue weighted by Gasteiger charge is 2.19. The van der Waals surface area contributed by atoms with E-state index in [1.165, 1.54) is 44.1 Å². The van der Waals surface area contributed by atoms with Crippen LogP contribution in [0.3, 0.4) is 0 Å². The summed E-state index contributed by atoms with van der Waals surface area (Å²) in [6.07, 6.45) is 8.24. The van der Waals surface area contributed by atoms with E-state index in [0.717, 1.165) is 15.4 Å². The Morgan fingerprint density at radius 2 is 2.06 bits per heavy atom. The second-order valence-corrected chi connectivity index (χ2v) is 6.52. The largest absolute Gasteiger partial charge is 0.313 e. The fraction of sp³-hybridized carbons (Fsp3) is 0.600. The van der Waals surface area contributed by atoms with Crippen LogP contribution in [0.5, 0.6) is 0 Å². The van der Waals surface area contributed by atoms with Crippen molar-refractivity contribution in [2.75, 3.05) is 7.05 Å².